The Balaban J connectivity index is 1.03. The number of hydrogen-bond donors (Lipinski definition) is 4. The number of para-hydroxylation sites is 2. The van der Waals surface area contributed by atoms with E-state index in [2.05, 4.69) is 21.3 Å². The molecule has 13 nitrogen and oxygen atoms in total. The highest BCUT2D eigenvalue weighted by Crippen LogP contribution is 2.28. The zero-order valence-corrected chi connectivity index (χ0v) is 29.1. The molecule has 0 unspecified atom stereocenters. The largest absolute Gasteiger partial charge is 0.457 e. The van der Waals surface area contributed by atoms with Crippen LogP contribution in [0.5, 0.6) is 23.0 Å². The van der Waals surface area contributed by atoms with Crippen LogP contribution in [-0.2, 0) is 20.2 Å². The standard InChI is InChI=1S/C38H30N4O9S2/c43-37(39-27-9-3-1-4-10-27)41-29-13-7-15-33(25-29)50-52(45,46)35-21-17-31(18-22-35)49-32-19-23-36(24-20-32)53(47,48)51-34-16-8-14-30(26-34)42-38(44)40-28-11-5-2-6-12-28/h1-26H,(H2,39,41,43)(H2,40,42,44). The van der Waals surface area contributed by atoms with Crippen LogP contribution in [0.1, 0.15) is 0 Å². The molecule has 6 aromatic carbocycles. The second-order valence-electron chi connectivity index (χ2n) is 11.1. The fraction of sp³-hybridized carbons (Fsp3) is 0. The monoisotopic (exact) mass is 750 g/mol. The predicted octanol–water partition coefficient (Wildman–Crippen LogP) is 8.30. The quantitative estimate of drug-likeness (QED) is 0.0896. The summed E-state index contributed by atoms with van der Waals surface area (Å²) in [5.74, 6) is 0.508. The highest BCUT2D eigenvalue weighted by Gasteiger charge is 2.19. The highest BCUT2D eigenvalue weighted by molar-refractivity contribution is 7.87. The van der Waals surface area contributed by atoms with Crippen molar-refractivity contribution in [2.45, 2.75) is 9.79 Å². The van der Waals surface area contributed by atoms with Crippen molar-refractivity contribution < 1.29 is 39.5 Å². The summed E-state index contributed by atoms with van der Waals surface area (Å²) in [4.78, 5) is 24.4. The first-order chi connectivity index (χ1) is 25.5. The van der Waals surface area contributed by atoms with E-state index in [-0.39, 0.29) is 32.8 Å². The Hall–Kier alpha value is -6.84. The predicted molar refractivity (Wildman–Crippen MR) is 200 cm³/mol. The van der Waals surface area contributed by atoms with Gasteiger partial charge in [0.2, 0.25) is 0 Å². The van der Waals surface area contributed by atoms with Crippen LogP contribution in [0.25, 0.3) is 0 Å². The fourth-order valence-corrected chi connectivity index (χ4v) is 6.56. The van der Waals surface area contributed by atoms with Gasteiger partial charge in [-0.25, -0.2) is 9.59 Å². The summed E-state index contributed by atoms with van der Waals surface area (Å²) in [5.41, 5.74) is 1.80. The molecule has 0 bridgehead atoms. The summed E-state index contributed by atoms with van der Waals surface area (Å²) in [6.07, 6.45) is 0. The molecular weight excluding hydrogens is 721 g/mol. The number of nitrogens with one attached hydrogen (secondary N) is 4. The van der Waals surface area contributed by atoms with E-state index < -0.39 is 32.3 Å². The minimum atomic E-state index is -4.25. The van der Waals surface area contributed by atoms with Crippen molar-refractivity contribution in [3.63, 3.8) is 0 Å². The molecule has 6 rings (SSSR count). The number of benzene rings is 6. The van der Waals surface area contributed by atoms with Gasteiger partial charge >= 0.3 is 32.3 Å². The molecule has 53 heavy (non-hydrogen) atoms. The topological polar surface area (TPSA) is 178 Å². The number of ether oxygens (including phenoxy) is 1. The van der Waals surface area contributed by atoms with Crippen molar-refractivity contribution in [3.05, 3.63) is 158 Å². The summed E-state index contributed by atoms with van der Waals surface area (Å²) < 4.78 is 68.3. The molecule has 0 heterocycles. The number of anilines is 4. The van der Waals surface area contributed by atoms with Crippen LogP contribution in [0, 0.1) is 0 Å². The summed E-state index contributed by atoms with van der Waals surface area (Å²) >= 11 is 0. The Bertz CT molecular complexity index is 2260. The Morgan fingerprint density at radius 2 is 0.717 bits per heavy atom. The Labute approximate surface area is 305 Å². The second-order valence-corrected chi connectivity index (χ2v) is 14.2. The molecule has 4 amide bonds. The molecule has 0 saturated carbocycles. The first-order valence-electron chi connectivity index (χ1n) is 15.7. The number of carbonyl (C=O) groups excluding carboxylic acids is 2. The van der Waals surface area contributed by atoms with E-state index in [4.69, 9.17) is 13.1 Å². The van der Waals surface area contributed by atoms with Gasteiger partial charge in [-0.1, -0.05) is 48.5 Å². The van der Waals surface area contributed by atoms with Crippen LogP contribution in [0.3, 0.4) is 0 Å². The molecule has 6 aromatic rings. The zero-order chi connectivity index (χ0) is 37.3. The maximum absolute atomic E-state index is 13.0. The molecule has 0 fully saturated rings. The number of amides is 4. The minimum absolute atomic E-state index is 0.0162. The molecule has 15 heteroatoms. The van der Waals surface area contributed by atoms with Crippen LogP contribution in [0.15, 0.2) is 168 Å². The molecule has 0 aliphatic heterocycles. The van der Waals surface area contributed by atoms with Crippen LogP contribution in [-0.4, -0.2) is 28.9 Å². The second kappa shape index (κ2) is 16.0. The van der Waals surface area contributed by atoms with Crippen molar-refractivity contribution in [1.82, 2.24) is 0 Å². The van der Waals surface area contributed by atoms with E-state index in [1.165, 1.54) is 84.9 Å². The van der Waals surface area contributed by atoms with E-state index in [0.717, 1.165) is 0 Å². The van der Waals surface area contributed by atoms with Gasteiger partial charge in [0.1, 0.15) is 32.8 Å². The summed E-state index contributed by atoms with van der Waals surface area (Å²) in [5, 5.41) is 10.6. The minimum Gasteiger partial charge on any atom is -0.457 e. The number of hydrogen-bond acceptors (Lipinski definition) is 9. The van der Waals surface area contributed by atoms with Gasteiger partial charge in [0.15, 0.2) is 0 Å². The highest BCUT2D eigenvalue weighted by atomic mass is 32.2. The van der Waals surface area contributed by atoms with Gasteiger partial charge in [0, 0.05) is 34.9 Å². The SMILES string of the molecule is O=C(Nc1ccccc1)Nc1cccc(OS(=O)(=O)c2ccc(Oc3ccc(S(=O)(=O)Oc4cccc(NC(=O)Nc5ccccc5)c4)cc3)cc2)c1. The third-order valence-electron chi connectivity index (χ3n) is 7.12. The molecule has 0 spiro atoms. The van der Waals surface area contributed by atoms with E-state index in [9.17, 15) is 26.4 Å². The number of urea groups is 2. The Kier molecular flexibility index (Phi) is 10.9. The third kappa shape index (κ3) is 10.1. The average Bonchev–Trinajstić information content (AvgIpc) is 3.13. The summed E-state index contributed by atoms with van der Waals surface area (Å²) in [6.45, 7) is 0. The zero-order valence-electron chi connectivity index (χ0n) is 27.5. The number of carbonyl (C=O) groups is 2. The van der Waals surface area contributed by atoms with E-state index >= 15 is 0 Å². The van der Waals surface area contributed by atoms with Gasteiger partial charge in [-0.15, -0.1) is 0 Å². The molecule has 4 N–H and O–H groups in total. The van der Waals surface area contributed by atoms with Crippen molar-refractivity contribution in [3.8, 4) is 23.0 Å². The molecule has 0 aromatic heterocycles. The Morgan fingerprint density at radius 3 is 1.09 bits per heavy atom. The van der Waals surface area contributed by atoms with Gasteiger partial charge in [0.05, 0.1) is 0 Å². The van der Waals surface area contributed by atoms with Crippen molar-refractivity contribution in [2.24, 2.45) is 0 Å². The summed E-state index contributed by atoms with van der Waals surface area (Å²) in [6, 6.07) is 39.3. The van der Waals surface area contributed by atoms with Gasteiger partial charge < -0.3 is 34.4 Å². The fourth-order valence-electron chi connectivity index (χ4n) is 4.72. The van der Waals surface area contributed by atoms with Crippen LogP contribution >= 0.6 is 0 Å². The van der Waals surface area contributed by atoms with Crippen molar-refractivity contribution >= 4 is 55.0 Å². The summed E-state index contributed by atoms with van der Waals surface area (Å²) in [7, 11) is -8.51. The molecular formula is C38H30N4O9S2. The van der Waals surface area contributed by atoms with Gasteiger partial charge in [-0.2, -0.15) is 16.8 Å². The molecule has 268 valence electrons. The van der Waals surface area contributed by atoms with Crippen LogP contribution < -0.4 is 34.4 Å². The smallest absolute Gasteiger partial charge is 0.339 e. The normalized spacial score (nSPS) is 11.1. The van der Waals surface area contributed by atoms with E-state index in [0.29, 0.717) is 22.7 Å². The maximum atomic E-state index is 13.0. The lowest BCUT2D eigenvalue weighted by molar-refractivity contribution is 0.261. The lowest BCUT2D eigenvalue weighted by Gasteiger charge is -2.12. The van der Waals surface area contributed by atoms with Crippen LogP contribution in [0.2, 0.25) is 0 Å². The lowest BCUT2D eigenvalue weighted by atomic mass is 10.3. The van der Waals surface area contributed by atoms with Gasteiger partial charge in [-0.3, -0.25) is 0 Å². The average molecular weight is 751 g/mol. The van der Waals surface area contributed by atoms with Crippen molar-refractivity contribution in [1.29, 1.82) is 0 Å². The molecule has 0 radical (unpaired) electrons. The number of rotatable bonds is 12. The lowest BCUT2D eigenvalue weighted by Crippen LogP contribution is -2.19. The maximum Gasteiger partial charge on any atom is 0.339 e. The van der Waals surface area contributed by atoms with E-state index in [1.54, 1.807) is 60.7 Å². The molecule has 0 aliphatic rings. The van der Waals surface area contributed by atoms with Crippen molar-refractivity contribution in [2.75, 3.05) is 21.3 Å². The molecule has 0 aliphatic carbocycles. The van der Waals surface area contributed by atoms with Crippen LogP contribution in [0.4, 0.5) is 32.3 Å². The molecule has 0 atom stereocenters. The van der Waals surface area contributed by atoms with E-state index in [1.807, 2.05) is 12.1 Å². The molecule has 0 saturated heterocycles. The van der Waals surface area contributed by atoms with Gasteiger partial charge in [0.25, 0.3) is 0 Å². The first kappa shape index (κ1) is 36.0. The third-order valence-corrected chi connectivity index (χ3v) is 9.64. The first-order valence-corrected chi connectivity index (χ1v) is 18.6. The van der Waals surface area contributed by atoms with Gasteiger partial charge in [-0.05, 0) is 97.1 Å². The Morgan fingerprint density at radius 1 is 0.377 bits per heavy atom.